The average molecular weight is 329 g/mol. The molecule has 1 aromatic carbocycles. The Morgan fingerprint density at radius 1 is 1.46 bits per heavy atom. The van der Waals surface area contributed by atoms with E-state index >= 15 is 0 Å². The Labute approximate surface area is 142 Å². The van der Waals surface area contributed by atoms with Gasteiger partial charge in [0, 0.05) is 43.7 Å². The molecule has 1 unspecified atom stereocenters. The lowest BCUT2D eigenvalue weighted by Gasteiger charge is -2.25. The highest BCUT2D eigenvalue weighted by Gasteiger charge is 2.20. The van der Waals surface area contributed by atoms with Gasteiger partial charge >= 0.3 is 0 Å². The molecule has 24 heavy (non-hydrogen) atoms. The second-order valence-corrected chi connectivity index (χ2v) is 6.32. The van der Waals surface area contributed by atoms with E-state index in [1.54, 1.807) is 23.0 Å². The molecule has 1 atom stereocenters. The summed E-state index contributed by atoms with van der Waals surface area (Å²) in [6.07, 6.45) is 6.05. The molecule has 0 bridgehead atoms. The lowest BCUT2D eigenvalue weighted by molar-refractivity contribution is 0.0678. The van der Waals surface area contributed by atoms with Crippen LogP contribution in [0.4, 0.5) is 4.39 Å². The van der Waals surface area contributed by atoms with Crippen LogP contribution in [0.1, 0.15) is 29.7 Å². The largest absolute Gasteiger partial charge is 0.377 e. The average Bonchev–Trinajstić information content (AvgIpc) is 3.18. The molecule has 1 aliphatic heterocycles. The molecule has 4 nitrogen and oxygen atoms in total. The molecule has 1 aromatic heterocycles. The Kier molecular flexibility index (Phi) is 5.43. The van der Waals surface area contributed by atoms with Gasteiger partial charge in [0.15, 0.2) is 0 Å². The molecular weight excluding hydrogens is 305 g/mol. The van der Waals surface area contributed by atoms with Gasteiger partial charge in [0.05, 0.1) is 12.3 Å². The van der Waals surface area contributed by atoms with Crippen LogP contribution in [0.2, 0.25) is 0 Å². The maximum atomic E-state index is 13.5. The van der Waals surface area contributed by atoms with E-state index < -0.39 is 0 Å². The Hall–Kier alpha value is -1.98. The molecule has 1 aliphatic rings. The minimum atomic E-state index is -0.194. The lowest BCUT2D eigenvalue weighted by atomic mass is 10.1. The highest BCUT2D eigenvalue weighted by molar-refractivity contribution is 5.26. The number of aromatic nitrogens is 2. The zero-order chi connectivity index (χ0) is 16.9. The van der Waals surface area contributed by atoms with Crippen LogP contribution in [-0.2, 0) is 17.8 Å². The zero-order valence-electron chi connectivity index (χ0n) is 14.1. The zero-order valence-corrected chi connectivity index (χ0v) is 14.1. The molecule has 0 spiro atoms. The highest BCUT2D eigenvalue weighted by atomic mass is 19.1. The topological polar surface area (TPSA) is 30.3 Å². The normalized spacial score (nSPS) is 17.5. The van der Waals surface area contributed by atoms with Crippen LogP contribution in [-0.4, -0.2) is 33.9 Å². The quantitative estimate of drug-likeness (QED) is 0.777. The summed E-state index contributed by atoms with van der Waals surface area (Å²) in [6, 6.07) is 6.80. The van der Waals surface area contributed by atoms with E-state index in [1.807, 2.05) is 19.2 Å². The van der Waals surface area contributed by atoms with Crippen molar-refractivity contribution < 1.29 is 9.13 Å². The van der Waals surface area contributed by atoms with Crippen LogP contribution in [0, 0.1) is 12.7 Å². The first-order valence-electron chi connectivity index (χ1n) is 8.39. The molecule has 2 aromatic rings. The van der Waals surface area contributed by atoms with Crippen LogP contribution in [0.5, 0.6) is 0 Å². The lowest BCUT2D eigenvalue weighted by Crippen LogP contribution is -2.31. The summed E-state index contributed by atoms with van der Waals surface area (Å²) in [5.74, 6) is -0.194. The summed E-state index contributed by atoms with van der Waals surface area (Å²) >= 11 is 0. The smallest absolute Gasteiger partial charge is 0.123 e. The molecule has 0 N–H and O–H groups in total. The summed E-state index contributed by atoms with van der Waals surface area (Å²) in [6.45, 7) is 8.94. The first kappa shape index (κ1) is 16.9. The van der Waals surface area contributed by atoms with Crippen LogP contribution in [0.15, 0.2) is 37.0 Å². The number of halogens is 1. The van der Waals surface area contributed by atoms with E-state index in [9.17, 15) is 4.39 Å². The number of hydrogen-bond acceptors (Lipinski definition) is 3. The van der Waals surface area contributed by atoms with E-state index in [0.29, 0.717) is 6.54 Å². The minimum absolute atomic E-state index is 0.194. The molecule has 1 saturated heterocycles. The van der Waals surface area contributed by atoms with E-state index in [1.165, 1.54) is 6.07 Å². The van der Waals surface area contributed by atoms with Gasteiger partial charge in [-0.2, -0.15) is 5.10 Å². The molecule has 128 valence electrons. The Morgan fingerprint density at radius 2 is 2.33 bits per heavy atom. The van der Waals surface area contributed by atoms with Crippen molar-refractivity contribution in [3.8, 4) is 0 Å². The summed E-state index contributed by atoms with van der Waals surface area (Å²) in [5, 5.41) is 4.32. The van der Waals surface area contributed by atoms with Gasteiger partial charge in [-0.15, -0.1) is 0 Å². The summed E-state index contributed by atoms with van der Waals surface area (Å²) in [5.41, 5.74) is 3.22. The van der Waals surface area contributed by atoms with Gasteiger partial charge < -0.3 is 4.74 Å². The van der Waals surface area contributed by atoms with Gasteiger partial charge in [-0.1, -0.05) is 18.7 Å². The predicted molar refractivity (Wildman–Crippen MR) is 92.8 cm³/mol. The van der Waals surface area contributed by atoms with Gasteiger partial charge in [0.2, 0.25) is 0 Å². The van der Waals surface area contributed by atoms with Gasteiger partial charge in [-0.3, -0.25) is 4.90 Å². The third kappa shape index (κ3) is 4.10. The first-order valence-corrected chi connectivity index (χ1v) is 8.39. The van der Waals surface area contributed by atoms with Crippen molar-refractivity contribution in [2.24, 2.45) is 0 Å². The van der Waals surface area contributed by atoms with Crippen molar-refractivity contribution in [2.45, 2.75) is 39.0 Å². The summed E-state index contributed by atoms with van der Waals surface area (Å²) < 4.78 is 21.1. The molecule has 0 amide bonds. The third-order valence-corrected chi connectivity index (χ3v) is 4.49. The Balaban J connectivity index is 1.75. The molecule has 2 heterocycles. The van der Waals surface area contributed by atoms with Crippen molar-refractivity contribution in [1.82, 2.24) is 14.7 Å². The fraction of sp³-hybridized carbons (Fsp3) is 0.421. The van der Waals surface area contributed by atoms with Gasteiger partial charge in [0.25, 0.3) is 0 Å². The van der Waals surface area contributed by atoms with Crippen LogP contribution in [0.25, 0.3) is 6.20 Å². The summed E-state index contributed by atoms with van der Waals surface area (Å²) in [4.78, 5) is 2.31. The van der Waals surface area contributed by atoms with Crippen molar-refractivity contribution in [3.63, 3.8) is 0 Å². The van der Waals surface area contributed by atoms with Crippen molar-refractivity contribution in [1.29, 1.82) is 0 Å². The second-order valence-electron chi connectivity index (χ2n) is 6.32. The monoisotopic (exact) mass is 329 g/mol. The minimum Gasteiger partial charge on any atom is -0.377 e. The SMILES string of the molecule is C=Cn1ncc(CN(Cc2cccc(F)c2)CC2CCCO2)c1C. The first-order chi connectivity index (χ1) is 11.7. The molecule has 0 saturated carbocycles. The standard InChI is InChI=1S/C19H24FN3O/c1-3-23-15(2)17(11-21-23)13-22(14-19-8-5-9-24-19)12-16-6-4-7-18(20)10-16/h3-4,6-7,10-11,19H,1,5,8-9,12-14H2,2H3. The van der Waals surface area contributed by atoms with Gasteiger partial charge in [0.1, 0.15) is 5.82 Å². The number of ether oxygens (including phenoxy) is 1. The fourth-order valence-corrected chi connectivity index (χ4v) is 3.19. The van der Waals surface area contributed by atoms with Crippen molar-refractivity contribution >= 4 is 6.20 Å². The molecule has 3 rings (SSSR count). The van der Waals surface area contributed by atoms with Crippen molar-refractivity contribution in [3.05, 3.63) is 59.7 Å². The molecule has 0 radical (unpaired) electrons. The molecule has 1 fully saturated rings. The number of nitrogens with zero attached hydrogens (tertiary/aromatic N) is 3. The highest BCUT2D eigenvalue weighted by Crippen LogP contribution is 2.19. The molecule has 5 heteroatoms. The van der Waals surface area contributed by atoms with E-state index in [0.717, 1.165) is 49.4 Å². The Morgan fingerprint density at radius 3 is 3.00 bits per heavy atom. The fourth-order valence-electron chi connectivity index (χ4n) is 3.19. The third-order valence-electron chi connectivity index (χ3n) is 4.49. The summed E-state index contributed by atoms with van der Waals surface area (Å²) in [7, 11) is 0. The second kappa shape index (κ2) is 7.73. The van der Waals surface area contributed by atoms with E-state index in [4.69, 9.17) is 4.74 Å². The molecular formula is C19H24FN3O. The van der Waals surface area contributed by atoms with E-state index in [-0.39, 0.29) is 11.9 Å². The van der Waals surface area contributed by atoms with Crippen LogP contribution in [0.3, 0.4) is 0 Å². The molecule has 0 aliphatic carbocycles. The Bertz CT molecular complexity index is 692. The van der Waals surface area contributed by atoms with E-state index in [2.05, 4.69) is 16.6 Å². The van der Waals surface area contributed by atoms with Crippen molar-refractivity contribution in [2.75, 3.05) is 13.2 Å². The number of rotatable bonds is 7. The maximum Gasteiger partial charge on any atom is 0.123 e. The van der Waals surface area contributed by atoms with Crippen LogP contribution < -0.4 is 0 Å². The predicted octanol–water partition coefficient (Wildman–Crippen LogP) is 3.61. The maximum absolute atomic E-state index is 13.5. The number of hydrogen-bond donors (Lipinski definition) is 0. The van der Waals surface area contributed by atoms with Crippen LogP contribution >= 0.6 is 0 Å². The van der Waals surface area contributed by atoms with Gasteiger partial charge in [-0.05, 0) is 37.5 Å². The van der Waals surface area contributed by atoms with Gasteiger partial charge in [-0.25, -0.2) is 9.07 Å². The number of benzene rings is 1.